The third-order valence-electron chi connectivity index (χ3n) is 3.47. The fraction of sp³-hybridized carbons (Fsp3) is 0.438. The smallest absolute Gasteiger partial charge is 0.328 e. The quantitative estimate of drug-likeness (QED) is 0.781. The van der Waals surface area contributed by atoms with Crippen LogP contribution in [0.1, 0.15) is 18.4 Å². The van der Waals surface area contributed by atoms with Gasteiger partial charge in [0.05, 0.1) is 7.11 Å². The monoisotopic (exact) mass is 291 g/mol. The molecule has 0 spiro atoms. The Labute approximate surface area is 124 Å². The number of hydrogen-bond donors (Lipinski definition) is 1. The van der Waals surface area contributed by atoms with Gasteiger partial charge in [-0.1, -0.05) is 6.07 Å². The molecule has 1 N–H and O–H groups in total. The van der Waals surface area contributed by atoms with Crippen molar-refractivity contribution in [2.24, 2.45) is 0 Å². The Morgan fingerprint density at radius 2 is 2.10 bits per heavy atom. The summed E-state index contributed by atoms with van der Waals surface area (Å²) in [4.78, 5) is 12.9. The SMILES string of the molecule is COc1ccc(C=CC(=O)O)cc1OCCN1CCCC1. The molecule has 0 saturated carbocycles. The van der Waals surface area contributed by atoms with Crippen molar-refractivity contribution in [3.63, 3.8) is 0 Å². The van der Waals surface area contributed by atoms with Gasteiger partial charge >= 0.3 is 5.97 Å². The topological polar surface area (TPSA) is 59.0 Å². The minimum absolute atomic E-state index is 0.600. The van der Waals surface area contributed by atoms with E-state index in [0.717, 1.165) is 31.3 Å². The third kappa shape index (κ3) is 4.79. The lowest BCUT2D eigenvalue weighted by molar-refractivity contribution is -0.131. The maximum absolute atomic E-state index is 10.6. The summed E-state index contributed by atoms with van der Waals surface area (Å²) < 4.78 is 11.1. The maximum atomic E-state index is 10.6. The highest BCUT2D eigenvalue weighted by molar-refractivity contribution is 5.85. The zero-order valence-electron chi connectivity index (χ0n) is 12.2. The van der Waals surface area contributed by atoms with Gasteiger partial charge in [0.15, 0.2) is 11.5 Å². The van der Waals surface area contributed by atoms with Gasteiger partial charge in [-0.2, -0.15) is 0 Å². The number of aliphatic carboxylic acids is 1. The lowest BCUT2D eigenvalue weighted by Crippen LogP contribution is -2.25. The first-order valence-corrected chi connectivity index (χ1v) is 7.13. The predicted molar refractivity (Wildman–Crippen MR) is 80.8 cm³/mol. The Kier molecular flexibility index (Phi) is 5.63. The Morgan fingerprint density at radius 1 is 1.33 bits per heavy atom. The number of benzene rings is 1. The van der Waals surface area contributed by atoms with E-state index in [-0.39, 0.29) is 0 Å². The van der Waals surface area contributed by atoms with Crippen LogP contribution in [0.2, 0.25) is 0 Å². The molecule has 1 aliphatic rings. The van der Waals surface area contributed by atoms with E-state index in [4.69, 9.17) is 14.6 Å². The van der Waals surface area contributed by atoms with Crippen molar-refractivity contribution in [3.8, 4) is 11.5 Å². The van der Waals surface area contributed by atoms with Crippen LogP contribution >= 0.6 is 0 Å². The molecule has 1 fully saturated rings. The summed E-state index contributed by atoms with van der Waals surface area (Å²) in [6.07, 6.45) is 5.17. The van der Waals surface area contributed by atoms with Gasteiger partial charge in [0.25, 0.3) is 0 Å². The van der Waals surface area contributed by atoms with Gasteiger partial charge in [0.2, 0.25) is 0 Å². The normalized spacial score (nSPS) is 15.5. The minimum Gasteiger partial charge on any atom is -0.493 e. The molecule has 21 heavy (non-hydrogen) atoms. The van der Waals surface area contributed by atoms with Gasteiger partial charge in [-0.3, -0.25) is 4.90 Å². The predicted octanol–water partition coefficient (Wildman–Crippen LogP) is 2.27. The van der Waals surface area contributed by atoms with Crippen LogP contribution < -0.4 is 9.47 Å². The molecule has 2 rings (SSSR count). The highest BCUT2D eigenvalue weighted by Crippen LogP contribution is 2.28. The van der Waals surface area contributed by atoms with Gasteiger partial charge in [0, 0.05) is 12.6 Å². The number of nitrogens with zero attached hydrogens (tertiary/aromatic N) is 1. The van der Waals surface area contributed by atoms with Crippen molar-refractivity contribution >= 4 is 12.0 Å². The number of carboxylic acid groups (broad SMARTS) is 1. The highest BCUT2D eigenvalue weighted by atomic mass is 16.5. The zero-order chi connectivity index (χ0) is 15.1. The van der Waals surface area contributed by atoms with Crippen molar-refractivity contribution in [2.45, 2.75) is 12.8 Å². The number of methoxy groups -OCH3 is 1. The lowest BCUT2D eigenvalue weighted by atomic mass is 10.2. The van der Waals surface area contributed by atoms with Gasteiger partial charge < -0.3 is 14.6 Å². The van der Waals surface area contributed by atoms with E-state index in [1.54, 1.807) is 25.3 Å². The molecule has 0 unspecified atom stereocenters. The first-order chi connectivity index (χ1) is 10.2. The largest absolute Gasteiger partial charge is 0.493 e. The van der Waals surface area contributed by atoms with Gasteiger partial charge in [-0.25, -0.2) is 4.79 Å². The maximum Gasteiger partial charge on any atom is 0.328 e. The molecule has 0 bridgehead atoms. The summed E-state index contributed by atoms with van der Waals surface area (Å²) >= 11 is 0. The van der Waals surface area contributed by atoms with Crippen LogP contribution in [0, 0.1) is 0 Å². The summed E-state index contributed by atoms with van der Waals surface area (Å²) in [5.74, 6) is 0.329. The van der Waals surface area contributed by atoms with E-state index in [9.17, 15) is 4.79 Å². The van der Waals surface area contributed by atoms with Crippen LogP contribution in [-0.4, -0.2) is 49.3 Å². The zero-order valence-corrected chi connectivity index (χ0v) is 12.2. The summed E-state index contributed by atoms with van der Waals surface area (Å²) in [5.41, 5.74) is 0.773. The molecule has 1 aliphatic heterocycles. The highest BCUT2D eigenvalue weighted by Gasteiger charge is 2.11. The number of rotatable bonds is 7. The van der Waals surface area contributed by atoms with Crippen molar-refractivity contribution < 1.29 is 19.4 Å². The van der Waals surface area contributed by atoms with Crippen LogP contribution in [0.4, 0.5) is 0 Å². The molecule has 1 heterocycles. The molecule has 1 saturated heterocycles. The minimum atomic E-state index is -0.970. The van der Waals surface area contributed by atoms with E-state index in [0.29, 0.717) is 18.1 Å². The molecule has 0 aliphatic carbocycles. The molecule has 5 nitrogen and oxygen atoms in total. The van der Waals surface area contributed by atoms with Crippen LogP contribution in [0.3, 0.4) is 0 Å². The standard InChI is InChI=1S/C16H21NO4/c1-20-14-6-4-13(5-7-16(18)19)12-15(14)21-11-10-17-8-2-3-9-17/h4-7,12H,2-3,8-11H2,1H3,(H,18,19). The van der Waals surface area contributed by atoms with E-state index in [2.05, 4.69) is 4.90 Å². The molecular weight excluding hydrogens is 270 g/mol. The van der Waals surface area contributed by atoms with E-state index in [1.807, 2.05) is 0 Å². The van der Waals surface area contributed by atoms with Crippen molar-refractivity contribution in [1.82, 2.24) is 4.90 Å². The molecular formula is C16H21NO4. The summed E-state index contributed by atoms with van der Waals surface area (Å²) in [6, 6.07) is 5.38. The molecule has 1 aromatic carbocycles. The van der Waals surface area contributed by atoms with Crippen LogP contribution in [0.15, 0.2) is 24.3 Å². The Balaban J connectivity index is 1.97. The molecule has 0 atom stereocenters. The first kappa shape index (κ1) is 15.4. The number of likely N-dealkylation sites (tertiary alicyclic amines) is 1. The number of carboxylic acids is 1. The van der Waals surface area contributed by atoms with Crippen molar-refractivity contribution in [2.75, 3.05) is 33.4 Å². The first-order valence-electron chi connectivity index (χ1n) is 7.13. The molecule has 5 heteroatoms. The van der Waals surface area contributed by atoms with Crippen LogP contribution in [0.25, 0.3) is 6.08 Å². The average Bonchev–Trinajstić information content (AvgIpc) is 2.98. The summed E-state index contributed by atoms with van der Waals surface area (Å²) in [7, 11) is 1.59. The summed E-state index contributed by atoms with van der Waals surface area (Å²) in [6.45, 7) is 3.78. The molecule has 0 aromatic heterocycles. The average molecular weight is 291 g/mol. The summed E-state index contributed by atoms with van der Waals surface area (Å²) in [5, 5.41) is 8.66. The second kappa shape index (κ2) is 7.69. The van der Waals surface area contributed by atoms with Gasteiger partial charge in [-0.05, 0) is 49.7 Å². The molecule has 1 aromatic rings. The fourth-order valence-corrected chi connectivity index (χ4v) is 2.37. The third-order valence-corrected chi connectivity index (χ3v) is 3.47. The fourth-order valence-electron chi connectivity index (χ4n) is 2.37. The Hall–Kier alpha value is -2.01. The van der Waals surface area contributed by atoms with E-state index < -0.39 is 5.97 Å². The Morgan fingerprint density at radius 3 is 2.76 bits per heavy atom. The second-order valence-corrected chi connectivity index (χ2v) is 4.98. The molecule has 114 valence electrons. The lowest BCUT2D eigenvalue weighted by Gasteiger charge is -2.16. The van der Waals surface area contributed by atoms with Crippen molar-refractivity contribution in [3.05, 3.63) is 29.8 Å². The van der Waals surface area contributed by atoms with E-state index in [1.165, 1.54) is 18.9 Å². The van der Waals surface area contributed by atoms with Crippen molar-refractivity contribution in [1.29, 1.82) is 0 Å². The number of ether oxygens (including phenoxy) is 2. The molecule has 0 amide bonds. The number of carbonyl (C=O) groups is 1. The van der Waals surface area contributed by atoms with Crippen LogP contribution in [0.5, 0.6) is 11.5 Å². The number of hydrogen-bond acceptors (Lipinski definition) is 4. The van der Waals surface area contributed by atoms with E-state index >= 15 is 0 Å². The van der Waals surface area contributed by atoms with Crippen LogP contribution in [-0.2, 0) is 4.79 Å². The second-order valence-electron chi connectivity index (χ2n) is 4.98. The Bertz CT molecular complexity index is 507. The van der Waals surface area contributed by atoms with Gasteiger partial charge in [0.1, 0.15) is 6.61 Å². The van der Waals surface area contributed by atoms with Gasteiger partial charge in [-0.15, -0.1) is 0 Å². The molecule has 0 radical (unpaired) electrons.